The van der Waals surface area contributed by atoms with Crippen molar-refractivity contribution in [2.24, 2.45) is 0 Å². The SMILES string of the molecule is Cc1ccc(NC(=O)CNC2(C)CCNC2)c(Br)c1. The largest absolute Gasteiger partial charge is 0.324 e. The van der Waals surface area contributed by atoms with E-state index in [0.717, 1.165) is 35.2 Å². The summed E-state index contributed by atoms with van der Waals surface area (Å²) in [6.45, 7) is 6.41. The van der Waals surface area contributed by atoms with Crippen molar-refractivity contribution in [2.75, 3.05) is 25.0 Å². The number of nitrogens with one attached hydrogen (secondary N) is 3. The predicted molar refractivity (Wildman–Crippen MR) is 81.4 cm³/mol. The minimum absolute atomic E-state index is 0.0160. The smallest absolute Gasteiger partial charge is 0.238 e. The van der Waals surface area contributed by atoms with Gasteiger partial charge < -0.3 is 16.0 Å². The van der Waals surface area contributed by atoms with Crippen LogP contribution in [0.25, 0.3) is 0 Å². The molecule has 0 aromatic heterocycles. The van der Waals surface area contributed by atoms with Crippen molar-refractivity contribution in [3.63, 3.8) is 0 Å². The van der Waals surface area contributed by atoms with E-state index in [1.54, 1.807) is 0 Å². The molecule has 5 heteroatoms. The van der Waals surface area contributed by atoms with E-state index in [0.29, 0.717) is 6.54 Å². The Morgan fingerprint density at radius 1 is 1.53 bits per heavy atom. The summed E-state index contributed by atoms with van der Waals surface area (Å²) in [4.78, 5) is 11.9. The molecule has 1 fully saturated rings. The average molecular weight is 326 g/mol. The molecule has 1 aromatic rings. The van der Waals surface area contributed by atoms with Crippen LogP contribution in [-0.2, 0) is 4.79 Å². The molecule has 1 aliphatic rings. The van der Waals surface area contributed by atoms with Crippen LogP contribution in [0.1, 0.15) is 18.9 Å². The molecule has 0 bridgehead atoms. The fraction of sp³-hybridized carbons (Fsp3) is 0.500. The number of halogens is 1. The number of anilines is 1. The maximum absolute atomic E-state index is 11.9. The van der Waals surface area contributed by atoms with E-state index >= 15 is 0 Å². The van der Waals surface area contributed by atoms with Crippen molar-refractivity contribution >= 4 is 27.5 Å². The molecule has 1 unspecified atom stereocenters. The van der Waals surface area contributed by atoms with Gasteiger partial charge >= 0.3 is 0 Å². The Hall–Kier alpha value is -0.910. The molecule has 0 radical (unpaired) electrons. The van der Waals surface area contributed by atoms with E-state index < -0.39 is 0 Å². The van der Waals surface area contributed by atoms with Crippen LogP contribution in [0.2, 0.25) is 0 Å². The van der Waals surface area contributed by atoms with Crippen LogP contribution in [0.4, 0.5) is 5.69 Å². The Morgan fingerprint density at radius 3 is 2.95 bits per heavy atom. The summed E-state index contributed by atoms with van der Waals surface area (Å²) in [6.07, 6.45) is 1.05. The van der Waals surface area contributed by atoms with Crippen LogP contribution in [-0.4, -0.2) is 31.1 Å². The van der Waals surface area contributed by atoms with Gasteiger partial charge in [-0.05, 0) is 60.4 Å². The molecule has 19 heavy (non-hydrogen) atoms. The first kappa shape index (κ1) is 14.5. The maximum Gasteiger partial charge on any atom is 0.238 e. The highest BCUT2D eigenvalue weighted by atomic mass is 79.9. The summed E-state index contributed by atoms with van der Waals surface area (Å²) in [5.74, 6) is -0.0160. The first-order valence-electron chi connectivity index (χ1n) is 6.50. The van der Waals surface area contributed by atoms with Crippen molar-refractivity contribution < 1.29 is 4.79 Å². The summed E-state index contributed by atoms with van der Waals surface area (Å²) >= 11 is 3.46. The number of benzene rings is 1. The number of amides is 1. The lowest BCUT2D eigenvalue weighted by atomic mass is 10.0. The molecule has 0 saturated carbocycles. The van der Waals surface area contributed by atoms with E-state index in [4.69, 9.17) is 0 Å². The van der Waals surface area contributed by atoms with Crippen LogP contribution >= 0.6 is 15.9 Å². The highest BCUT2D eigenvalue weighted by Gasteiger charge is 2.28. The number of hydrogen-bond acceptors (Lipinski definition) is 3. The quantitative estimate of drug-likeness (QED) is 0.794. The Labute approximate surface area is 122 Å². The standard InChI is InChI=1S/C14H20BrN3O/c1-10-3-4-12(11(15)7-10)18-13(19)8-17-14(2)5-6-16-9-14/h3-4,7,16-17H,5-6,8-9H2,1-2H3,(H,18,19). The zero-order valence-corrected chi connectivity index (χ0v) is 12.9. The minimum Gasteiger partial charge on any atom is -0.324 e. The van der Waals surface area contributed by atoms with Crippen molar-refractivity contribution in [3.05, 3.63) is 28.2 Å². The number of rotatable bonds is 4. The van der Waals surface area contributed by atoms with E-state index in [1.807, 2.05) is 25.1 Å². The Kier molecular flexibility index (Phi) is 4.60. The van der Waals surface area contributed by atoms with Gasteiger partial charge in [0.2, 0.25) is 5.91 Å². The van der Waals surface area contributed by atoms with Gasteiger partial charge in [-0.2, -0.15) is 0 Å². The molecule has 4 nitrogen and oxygen atoms in total. The first-order valence-corrected chi connectivity index (χ1v) is 7.30. The summed E-state index contributed by atoms with van der Waals surface area (Å²) in [5, 5.41) is 9.53. The van der Waals surface area contributed by atoms with Crippen LogP contribution in [0.15, 0.2) is 22.7 Å². The molecule has 1 aliphatic heterocycles. The summed E-state index contributed by atoms with van der Waals surface area (Å²) < 4.78 is 0.912. The normalized spacial score (nSPS) is 22.5. The van der Waals surface area contributed by atoms with E-state index in [2.05, 4.69) is 38.8 Å². The summed E-state index contributed by atoms with van der Waals surface area (Å²) in [6, 6.07) is 5.89. The third-order valence-corrected chi connectivity index (χ3v) is 4.10. The van der Waals surface area contributed by atoms with Crippen LogP contribution < -0.4 is 16.0 Å². The molecule has 1 amide bonds. The van der Waals surface area contributed by atoms with Crippen molar-refractivity contribution in [1.82, 2.24) is 10.6 Å². The fourth-order valence-corrected chi connectivity index (χ4v) is 2.77. The van der Waals surface area contributed by atoms with Gasteiger partial charge in [-0.1, -0.05) is 6.07 Å². The summed E-state index contributed by atoms with van der Waals surface area (Å²) in [7, 11) is 0. The molecule has 1 saturated heterocycles. The molecular weight excluding hydrogens is 306 g/mol. The van der Waals surface area contributed by atoms with Gasteiger partial charge in [0.15, 0.2) is 0 Å². The molecule has 0 aliphatic carbocycles. The highest BCUT2D eigenvalue weighted by molar-refractivity contribution is 9.10. The van der Waals surface area contributed by atoms with E-state index in [-0.39, 0.29) is 11.4 Å². The third-order valence-electron chi connectivity index (χ3n) is 3.44. The van der Waals surface area contributed by atoms with Gasteiger partial charge in [0, 0.05) is 16.6 Å². The average Bonchev–Trinajstić information content (AvgIpc) is 2.78. The number of aryl methyl sites for hydroxylation is 1. The van der Waals surface area contributed by atoms with Gasteiger partial charge in [-0.15, -0.1) is 0 Å². The fourth-order valence-electron chi connectivity index (χ4n) is 2.18. The molecule has 1 aromatic carbocycles. The second-order valence-corrected chi connectivity index (χ2v) is 6.23. The topological polar surface area (TPSA) is 53.2 Å². The van der Waals surface area contributed by atoms with Crippen LogP contribution in [0.5, 0.6) is 0 Å². The molecule has 104 valence electrons. The maximum atomic E-state index is 11.9. The number of carbonyl (C=O) groups is 1. The highest BCUT2D eigenvalue weighted by Crippen LogP contribution is 2.23. The zero-order chi connectivity index (χ0) is 13.9. The second-order valence-electron chi connectivity index (χ2n) is 5.37. The van der Waals surface area contributed by atoms with Gasteiger partial charge in [-0.3, -0.25) is 4.79 Å². The van der Waals surface area contributed by atoms with E-state index in [9.17, 15) is 4.79 Å². The molecule has 0 spiro atoms. The van der Waals surface area contributed by atoms with Gasteiger partial charge in [0.1, 0.15) is 0 Å². The third kappa shape index (κ3) is 4.03. The molecular formula is C14H20BrN3O. The monoisotopic (exact) mass is 325 g/mol. The lowest BCUT2D eigenvalue weighted by molar-refractivity contribution is -0.115. The van der Waals surface area contributed by atoms with Crippen LogP contribution in [0.3, 0.4) is 0 Å². The lowest BCUT2D eigenvalue weighted by Crippen LogP contribution is -2.47. The van der Waals surface area contributed by atoms with Gasteiger partial charge in [0.25, 0.3) is 0 Å². The predicted octanol–water partition coefficient (Wildman–Crippen LogP) is 2.04. The van der Waals surface area contributed by atoms with Crippen molar-refractivity contribution in [2.45, 2.75) is 25.8 Å². The van der Waals surface area contributed by atoms with Crippen molar-refractivity contribution in [1.29, 1.82) is 0 Å². The van der Waals surface area contributed by atoms with Crippen molar-refractivity contribution in [3.8, 4) is 0 Å². The molecule has 1 heterocycles. The van der Waals surface area contributed by atoms with E-state index in [1.165, 1.54) is 0 Å². The van der Waals surface area contributed by atoms with Gasteiger partial charge in [-0.25, -0.2) is 0 Å². The molecule has 3 N–H and O–H groups in total. The number of hydrogen-bond donors (Lipinski definition) is 3. The minimum atomic E-state index is -0.0160. The second kappa shape index (κ2) is 6.03. The molecule has 2 rings (SSSR count). The molecule has 1 atom stereocenters. The first-order chi connectivity index (χ1) is 8.98. The number of carbonyl (C=O) groups excluding carboxylic acids is 1. The summed E-state index contributed by atoms with van der Waals surface area (Å²) in [5.41, 5.74) is 2.00. The van der Waals surface area contributed by atoms with Crippen LogP contribution in [0, 0.1) is 6.92 Å². The Bertz CT molecular complexity index is 470. The Morgan fingerprint density at radius 2 is 2.32 bits per heavy atom. The lowest BCUT2D eigenvalue weighted by Gasteiger charge is -2.24. The Balaban J connectivity index is 1.87. The zero-order valence-electron chi connectivity index (χ0n) is 11.3. The van der Waals surface area contributed by atoms with Gasteiger partial charge in [0.05, 0.1) is 12.2 Å².